The first kappa shape index (κ1) is 22.1. The van der Waals surface area contributed by atoms with Crippen molar-refractivity contribution in [3.8, 4) is 11.1 Å². The molecule has 1 aliphatic rings. The average molecular weight is 468 g/mol. The Balaban J connectivity index is 1.44. The van der Waals surface area contributed by atoms with Gasteiger partial charge in [-0.05, 0) is 34.9 Å². The number of fused-ring (bicyclic) bond motifs is 1. The number of halogens is 1. The summed E-state index contributed by atoms with van der Waals surface area (Å²) >= 11 is 6.21. The highest BCUT2D eigenvalue weighted by molar-refractivity contribution is 6.31. The molecule has 4 nitrogen and oxygen atoms in total. The summed E-state index contributed by atoms with van der Waals surface area (Å²) in [7, 11) is 0. The van der Waals surface area contributed by atoms with E-state index in [1.807, 2.05) is 72.8 Å². The summed E-state index contributed by atoms with van der Waals surface area (Å²) in [6.45, 7) is 0.288. The minimum Gasteiger partial charge on any atom is -0.375 e. The summed E-state index contributed by atoms with van der Waals surface area (Å²) in [4.78, 5) is 28.2. The number of Topliss-reactive ketones (excluding diaryl/α,β-unsaturated/α-hetero) is 1. The van der Waals surface area contributed by atoms with Crippen LogP contribution in [0.3, 0.4) is 0 Å². The second kappa shape index (κ2) is 8.90. The number of hydrogen-bond acceptors (Lipinski definition) is 3. The van der Waals surface area contributed by atoms with Gasteiger partial charge in [0.15, 0.2) is 11.4 Å². The fourth-order valence-corrected chi connectivity index (χ4v) is 4.60. The van der Waals surface area contributed by atoms with Crippen LogP contribution in [0.15, 0.2) is 103 Å². The van der Waals surface area contributed by atoms with Crippen molar-refractivity contribution < 1.29 is 14.7 Å². The Morgan fingerprint density at radius 3 is 2.12 bits per heavy atom. The molecule has 4 aromatic carbocycles. The van der Waals surface area contributed by atoms with Crippen molar-refractivity contribution in [2.24, 2.45) is 0 Å². The van der Waals surface area contributed by atoms with Crippen molar-refractivity contribution in [3.05, 3.63) is 125 Å². The highest BCUT2D eigenvalue weighted by atomic mass is 35.5. The first-order chi connectivity index (χ1) is 16.5. The van der Waals surface area contributed by atoms with Gasteiger partial charge in [-0.1, -0.05) is 96.5 Å². The summed E-state index contributed by atoms with van der Waals surface area (Å²) in [6, 6.07) is 31.6. The fourth-order valence-electron chi connectivity index (χ4n) is 4.43. The predicted molar refractivity (Wildman–Crippen MR) is 134 cm³/mol. The maximum atomic E-state index is 13.5. The number of nitrogens with zero attached hydrogens (tertiary/aromatic N) is 1. The van der Waals surface area contributed by atoms with Crippen molar-refractivity contribution in [2.45, 2.75) is 18.6 Å². The third-order valence-corrected chi connectivity index (χ3v) is 6.44. The molecule has 0 fully saturated rings. The van der Waals surface area contributed by atoms with Crippen molar-refractivity contribution in [2.75, 3.05) is 4.90 Å². The molecule has 34 heavy (non-hydrogen) atoms. The van der Waals surface area contributed by atoms with Gasteiger partial charge in [-0.25, -0.2) is 0 Å². The molecule has 0 unspecified atom stereocenters. The molecule has 4 aromatic rings. The molecule has 5 heteroatoms. The topological polar surface area (TPSA) is 57.6 Å². The Kier molecular flexibility index (Phi) is 5.78. The lowest BCUT2D eigenvalue weighted by Gasteiger charge is -2.23. The summed E-state index contributed by atoms with van der Waals surface area (Å²) in [6.07, 6.45) is -0.366. The monoisotopic (exact) mass is 467 g/mol. The van der Waals surface area contributed by atoms with E-state index in [0.717, 1.165) is 16.7 Å². The second-order valence-electron chi connectivity index (χ2n) is 8.44. The molecule has 1 amide bonds. The van der Waals surface area contributed by atoms with Crippen molar-refractivity contribution >= 4 is 29.0 Å². The highest BCUT2D eigenvalue weighted by Crippen LogP contribution is 2.44. The third kappa shape index (κ3) is 4.03. The van der Waals surface area contributed by atoms with Gasteiger partial charge in [0.05, 0.1) is 18.7 Å². The number of hydrogen-bond donors (Lipinski definition) is 1. The molecule has 168 valence electrons. The number of carbonyl (C=O) groups is 2. The van der Waals surface area contributed by atoms with E-state index in [1.165, 1.54) is 4.90 Å². The van der Waals surface area contributed by atoms with Gasteiger partial charge in [0, 0.05) is 16.1 Å². The van der Waals surface area contributed by atoms with Crippen LogP contribution in [0.2, 0.25) is 5.02 Å². The quantitative estimate of drug-likeness (QED) is 0.353. The number of rotatable bonds is 6. The maximum Gasteiger partial charge on any atom is 0.264 e. The van der Waals surface area contributed by atoms with E-state index in [4.69, 9.17) is 11.6 Å². The van der Waals surface area contributed by atoms with E-state index in [-0.39, 0.29) is 18.7 Å². The van der Waals surface area contributed by atoms with E-state index in [2.05, 4.69) is 0 Å². The number of aliphatic hydroxyl groups is 1. The largest absolute Gasteiger partial charge is 0.375 e. The molecule has 1 heterocycles. The van der Waals surface area contributed by atoms with Gasteiger partial charge in [0.25, 0.3) is 5.91 Å². The minimum absolute atomic E-state index is 0.288. The Hall–Kier alpha value is -3.73. The number of amides is 1. The van der Waals surface area contributed by atoms with Crippen molar-refractivity contribution in [3.63, 3.8) is 0 Å². The van der Waals surface area contributed by atoms with Crippen LogP contribution in [-0.2, 0) is 16.9 Å². The molecule has 0 bridgehead atoms. The van der Waals surface area contributed by atoms with E-state index in [9.17, 15) is 14.7 Å². The predicted octanol–water partition coefficient (Wildman–Crippen LogP) is 6.01. The summed E-state index contributed by atoms with van der Waals surface area (Å²) in [5.41, 5.74) is 2.33. The van der Waals surface area contributed by atoms with Crippen LogP contribution >= 0.6 is 11.6 Å². The maximum absolute atomic E-state index is 13.5. The van der Waals surface area contributed by atoms with Gasteiger partial charge in [-0.15, -0.1) is 0 Å². The van der Waals surface area contributed by atoms with Crippen LogP contribution in [0.1, 0.15) is 27.9 Å². The van der Waals surface area contributed by atoms with Gasteiger partial charge in [0.2, 0.25) is 0 Å². The molecule has 0 aliphatic carbocycles. The standard InChI is InChI=1S/C29H22ClNO3/c30-24-15-16-26-25(17-24)29(34,28(33)31(26)19-20-7-3-1-4-8-20)18-27(32)23-13-11-22(12-14-23)21-9-5-2-6-10-21/h1-17,34H,18-19H2/t29-/m1/s1. The summed E-state index contributed by atoms with van der Waals surface area (Å²) < 4.78 is 0. The van der Waals surface area contributed by atoms with Crippen LogP contribution in [0.25, 0.3) is 11.1 Å². The van der Waals surface area contributed by atoms with E-state index < -0.39 is 11.5 Å². The first-order valence-electron chi connectivity index (χ1n) is 11.0. The Bertz CT molecular complexity index is 1350. The van der Waals surface area contributed by atoms with Gasteiger partial charge in [0.1, 0.15) is 0 Å². The zero-order chi connectivity index (χ0) is 23.7. The average Bonchev–Trinajstić information content (AvgIpc) is 3.06. The minimum atomic E-state index is -1.98. The van der Waals surface area contributed by atoms with E-state index in [0.29, 0.717) is 21.8 Å². The molecule has 0 spiro atoms. The first-order valence-corrected chi connectivity index (χ1v) is 11.4. The number of anilines is 1. The van der Waals surface area contributed by atoms with Crippen LogP contribution in [0.5, 0.6) is 0 Å². The highest BCUT2D eigenvalue weighted by Gasteiger charge is 2.51. The zero-order valence-corrected chi connectivity index (χ0v) is 19.1. The van der Waals surface area contributed by atoms with Gasteiger partial charge in [-0.3, -0.25) is 9.59 Å². The smallest absolute Gasteiger partial charge is 0.264 e. The Morgan fingerprint density at radius 1 is 0.824 bits per heavy atom. The van der Waals surface area contributed by atoms with E-state index in [1.54, 1.807) is 30.3 Å². The van der Waals surface area contributed by atoms with Crippen molar-refractivity contribution in [1.82, 2.24) is 0 Å². The fraction of sp³-hybridized carbons (Fsp3) is 0.103. The number of benzene rings is 4. The summed E-state index contributed by atoms with van der Waals surface area (Å²) in [5, 5.41) is 12.0. The molecule has 0 aromatic heterocycles. The SMILES string of the molecule is O=C(C[C@]1(O)C(=O)N(Cc2ccccc2)c2ccc(Cl)cc21)c1ccc(-c2ccccc2)cc1. The molecule has 0 saturated carbocycles. The molecular formula is C29H22ClNO3. The Morgan fingerprint density at radius 2 is 1.44 bits per heavy atom. The van der Waals surface area contributed by atoms with Crippen LogP contribution in [-0.4, -0.2) is 16.8 Å². The van der Waals surface area contributed by atoms with E-state index >= 15 is 0 Å². The van der Waals surface area contributed by atoms with Gasteiger partial charge in [-0.2, -0.15) is 0 Å². The lowest BCUT2D eigenvalue weighted by molar-refractivity contribution is -0.136. The molecular weight excluding hydrogens is 446 g/mol. The van der Waals surface area contributed by atoms with Crippen LogP contribution in [0.4, 0.5) is 5.69 Å². The van der Waals surface area contributed by atoms with Gasteiger partial charge >= 0.3 is 0 Å². The number of ketones is 1. The van der Waals surface area contributed by atoms with Crippen LogP contribution in [0, 0.1) is 0 Å². The van der Waals surface area contributed by atoms with Gasteiger partial charge < -0.3 is 10.0 Å². The molecule has 0 radical (unpaired) electrons. The molecule has 1 N–H and O–H groups in total. The normalized spacial score (nSPS) is 17.0. The molecule has 5 rings (SSSR count). The van der Waals surface area contributed by atoms with Crippen molar-refractivity contribution in [1.29, 1.82) is 0 Å². The molecule has 1 atom stereocenters. The second-order valence-corrected chi connectivity index (χ2v) is 8.88. The molecule has 0 saturated heterocycles. The lowest BCUT2D eigenvalue weighted by atomic mass is 9.88. The lowest BCUT2D eigenvalue weighted by Crippen LogP contribution is -2.41. The molecule has 1 aliphatic heterocycles. The summed E-state index contributed by atoms with van der Waals surface area (Å²) in [5.74, 6) is -0.842. The third-order valence-electron chi connectivity index (χ3n) is 6.21. The van der Waals surface area contributed by atoms with Crippen LogP contribution < -0.4 is 4.90 Å². The number of carbonyl (C=O) groups excluding carboxylic acids is 2. The Labute approximate surface area is 203 Å². The zero-order valence-electron chi connectivity index (χ0n) is 18.3.